The Balaban J connectivity index is 1.98. The van der Waals surface area contributed by atoms with Crippen LogP contribution in [0.3, 0.4) is 0 Å². The number of amides is 1. The van der Waals surface area contributed by atoms with Crippen LogP contribution in [0.2, 0.25) is 0 Å². The summed E-state index contributed by atoms with van der Waals surface area (Å²) in [4.78, 5) is 22.7. The smallest absolute Gasteiger partial charge is 0.278 e. The standard InChI is InChI=1S/C15H16N4O/c1-9-7-18-13(8-17-9)15(20)19-10(2)5-11-6-12(16)3-4-14(11)19/h3-4,6-8,10H,5,16H2,1-2H3. The molecule has 1 amide bonds. The molecule has 1 atom stereocenters. The van der Waals surface area contributed by atoms with Gasteiger partial charge in [-0.15, -0.1) is 0 Å². The maximum atomic E-state index is 12.6. The predicted octanol–water partition coefficient (Wildman–Crippen LogP) is 1.96. The molecule has 1 aromatic heterocycles. The van der Waals surface area contributed by atoms with Gasteiger partial charge in [-0.2, -0.15) is 0 Å². The van der Waals surface area contributed by atoms with Gasteiger partial charge in [-0.1, -0.05) is 0 Å². The van der Waals surface area contributed by atoms with E-state index in [9.17, 15) is 4.79 Å². The van der Waals surface area contributed by atoms with Gasteiger partial charge in [0.2, 0.25) is 0 Å². The first-order chi connectivity index (χ1) is 9.56. The lowest BCUT2D eigenvalue weighted by molar-refractivity contribution is 0.0976. The molecule has 5 heteroatoms. The summed E-state index contributed by atoms with van der Waals surface area (Å²) in [5.41, 5.74) is 9.70. The normalized spacial score (nSPS) is 17.1. The van der Waals surface area contributed by atoms with Crippen molar-refractivity contribution >= 4 is 17.3 Å². The van der Waals surface area contributed by atoms with E-state index in [2.05, 4.69) is 9.97 Å². The number of rotatable bonds is 1. The van der Waals surface area contributed by atoms with Crippen LogP contribution in [0.4, 0.5) is 11.4 Å². The van der Waals surface area contributed by atoms with Gasteiger partial charge >= 0.3 is 0 Å². The lowest BCUT2D eigenvalue weighted by atomic mass is 10.1. The summed E-state index contributed by atoms with van der Waals surface area (Å²) >= 11 is 0. The highest BCUT2D eigenvalue weighted by atomic mass is 16.2. The van der Waals surface area contributed by atoms with Crippen LogP contribution in [0, 0.1) is 6.92 Å². The molecule has 0 radical (unpaired) electrons. The second kappa shape index (κ2) is 4.59. The van der Waals surface area contributed by atoms with Crippen LogP contribution in [0.15, 0.2) is 30.6 Å². The van der Waals surface area contributed by atoms with Crippen molar-refractivity contribution in [3.05, 3.63) is 47.5 Å². The van der Waals surface area contributed by atoms with E-state index in [1.807, 2.05) is 32.0 Å². The number of anilines is 2. The van der Waals surface area contributed by atoms with Crippen molar-refractivity contribution in [3.8, 4) is 0 Å². The number of nitrogen functional groups attached to an aromatic ring is 1. The molecular weight excluding hydrogens is 252 g/mol. The second-order valence-electron chi connectivity index (χ2n) is 5.16. The lowest BCUT2D eigenvalue weighted by Crippen LogP contribution is -2.36. The summed E-state index contributed by atoms with van der Waals surface area (Å²) in [7, 11) is 0. The zero-order valence-corrected chi connectivity index (χ0v) is 11.5. The van der Waals surface area contributed by atoms with Crippen molar-refractivity contribution in [2.75, 3.05) is 10.6 Å². The minimum atomic E-state index is -0.117. The fourth-order valence-corrected chi connectivity index (χ4v) is 2.59. The van der Waals surface area contributed by atoms with Gasteiger partial charge in [0.25, 0.3) is 5.91 Å². The summed E-state index contributed by atoms with van der Waals surface area (Å²) in [6.45, 7) is 3.87. The molecular formula is C15H16N4O. The number of hydrogen-bond acceptors (Lipinski definition) is 4. The van der Waals surface area contributed by atoms with Crippen molar-refractivity contribution in [2.24, 2.45) is 0 Å². The van der Waals surface area contributed by atoms with E-state index < -0.39 is 0 Å². The highest BCUT2D eigenvalue weighted by molar-refractivity contribution is 6.06. The minimum Gasteiger partial charge on any atom is -0.399 e. The third kappa shape index (κ3) is 2.01. The molecule has 102 valence electrons. The Kier molecular flexibility index (Phi) is 2.89. The second-order valence-corrected chi connectivity index (χ2v) is 5.16. The molecule has 5 nitrogen and oxygen atoms in total. The Hall–Kier alpha value is -2.43. The Morgan fingerprint density at radius 1 is 1.35 bits per heavy atom. The molecule has 0 saturated heterocycles. The van der Waals surface area contributed by atoms with Crippen LogP contribution in [0.25, 0.3) is 0 Å². The fraction of sp³-hybridized carbons (Fsp3) is 0.267. The first-order valence-electron chi connectivity index (χ1n) is 6.57. The molecule has 0 saturated carbocycles. The van der Waals surface area contributed by atoms with E-state index >= 15 is 0 Å². The summed E-state index contributed by atoms with van der Waals surface area (Å²) in [6, 6.07) is 5.74. The van der Waals surface area contributed by atoms with Crippen LogP contribution < -0.4 is 10.6 Å². The monoisotopic (exact) mass is 268 g/mol. The van der Waals surface area contributed by atoms with E-state index in [1.54, 1.807) is 11.1 Å². The largest absolute Gasteiger partial charge is 0.399 e. The third-order valence-electron chi connectivity index (χ3n) is 3.54. The molecule has 1 unspecified atom stereocenters. The predicted molar refractivity (Wildman–Crippen MR) is 77.6 cm³/mol. The summed E-state index contributed by atoms with van der Waals surface area (Å²) < 4.78 is 0. The third-order valence-corrected chi connectivity index (χ3v) is 3.54. The van der Waals surface area contributed by atoms with Crippen molar-refractivity contribution in [2.45, 2.75) is 26.3 Å². The summed E-state index contributed by atoms with van der Waals surface area (Å²) in [6.07, 6.45) is 3.95. The van der Waals surface area contributed by atoms with E-state index in [4.69, 9.17) is 5.73 Å². The van der Waals surface area contributed by atoms with Crippen LogP contribution in [-0.4, -0.2) is 21.9 Å². The minimum absolute atomic E-state index is 0.0994. The summed E-state index contributed by atoms with van der Waals surface area (Å²) in [5, 5.41) is 0. The molecule has 2 N–H and O–H groups in total. The van der Waals surface area contributed by atoms with E-state index in [0.29, 0.717) is 5.69 Å². The van der Waals surface area contributed by atoms with Gasteiger partial charge < -0.3 is 10.6 Å². The number of aryl methyl sites for hydroxylation is 1. The van der Waals surface area contributed by atoms with Gasteiger partial charge in [-0.3, -0.25) is 9.78 Å². The maximum absolute atomic E-state index is 12.6. The Labute approximate surface area is 117 Å². The molecule has 1 aliphatic rings. The SMILES string of the molecule is Cc1cnc(C(=O)N2c3ccc(N)cc3CC2C)cn1. The van der Waals surface area contributed by atoms with E-state index in [-0.39, 0.29) is 11.9 Å². The molecule has 0 fully saturated rings. The zero-order chi connectivity index (χ0) is 14.3. The van der Waals surface area contributed by atoms with Crippen molar-refractivity contribution in [1.29, 1.82) is 0 Å². The van der Waals surface area contributed by atoms with Gasteiger partial charge in [0.15, 0.2) is 0 Å². The number of benzene rings is 1. The first kappa shape index (κ1) is 12.6. The number of nitrogens with two attached hydrogens (primary N) is 1. The number of nitrogens with zero attached hydrogens (tertiary/aromatic N) is 3. The molecule has 2 heterocycles. The Morgan fingerprint density at radius 2 is 2.15 bits per heavy atom. The number of aromatic nitrogens is 2. The van der Waals surface area contributed by atoms with Crippen LogP contribution in [-0.2, 0) is 6.42 Å². The van der Waals surface area contributed by atoms with Gasteiger partial charge in [0.05, 0.1) is 11.9 Å². The van der Waals surface area contributed by atoms with Gasteiger partial charge in [0, 0.05) is 23.6 Å². The van der Waals surface area contributed by atoms with Gasteiger partial charge in [-0.05, 0) is 44.0 Å². The van der Waals surface area contributed by atoms with E-state index in [0.717, 1.165) is 29.1 Å². The van der Waals surface area contributed by atoms with Gasteiger partial charge in [0.1, 0.15) is 5.69 Å². The fourth-order valence-electron chi connectivity index (χ4n) is 2.59. The number of carbonyl (C=O) groups is 1. The molecule has 3 rings (SSSR count). The van der Waals surface area contributed by atoms with Gasteiger partial charge in [-0.25, -0.2) is 4.98 Å². The average molecular weight is 268 g/mol. The summed E-state index contributed by atoms with van der Waals surface area (Å²) in [5.74, 6) is -0.117. The number of hydrogen-bond donors (Lipinski definition) is 1. The van der Waals surface area contributed by atoms with Crippen LogP contribution in [0.5, 0.6) is 0 Å². The molecule has 0 spiro atoms. The number of carbonyl (C=O) groups excluding carboxylic acids is 1. The van der Waals surface area contributed by atoms with Crippen molar-refractivity contribution in [3.63, 3.8) is 0 Å². The lowest BCUT2D eigenvalue weighted by Gasteiger charge is -2.22. The zero-order valence-electron chi connectivity index (χ0n) is 11.5. The average Bonchev–Trinajstić information content (AvgIpc) is 2.73. The van der Waals surface area contributed by atoms with Crippen molar-refractivity contribution < 1.29 is 4.79 Å². The molecule has 0 aliphatic carbocycles. The topological polar surface area (TPSA) is 72.1 Å². The number of fused-ring (bicyclic) bond motifs is 1. The Morgan fingerprint density at radius 3 is 2.85 bits per heavy atom. The molecule has 1 aromatic carbocycles. The highest BCUT2D eigenvalue weighted by Gasteiger charge is 2.32. The first-order valence-corrected chi connectivity index (χ1v) is 6.57. The quantitative estimate of drug-likeness (QED) is 0.802. The van der Waals surface area contributed by atoms with Crippen molar-refractivity contribution in [1.82, 2.24) is 9.97 Å². The molecule has 20 heavy (non-hydrogen) atoms. The molecule has 2 aromatic rings. The van der Waals surface area contributed by atoms with Crippen LogP contribution in [0.1, 0.15) is 28.7 Å². The maximum Gasteiger partial charge on any atom is 0.278 e. The van der Waals surface area contributed by atoms with Crippen LogP contribution >= 0.6 is 0 Å². The highest BCUT2D eigenvalue weighted by Crippen LogP contribution is 2.34. The Bertz CT molecular complexity index is 666. The van der Waals surface area contributed by atoms with E-state index in [1.165, 1.54) is 6.20 Å². The molecule has 1 aliphatic heterocycles. The molecule has 0 bridgehead atoms.